The number of likely N-dealkylation sites (tertiary alicyclic amines) is 1. The van der Waals surface area contributed by atoms with Crippen LogP contribution in [0.25, 0.3) is 0 Å². The Morgan fingerprint density at radius 3 is 2.48 bits per heavy atom. The van der Waals surface area contributed by atoms with E-state index in [0.717, 1.165) is 18.7 Å². The summed E-state index contributed by atoms with van der Waals surface area (Å²) >= 11 is 0. The summed E-state index contributed by atoms with van der Waals surface area (Å²) in [5.41, 5.74) is 3.18. The minimum Gasteiger partial charge on any atom is -0.459 e. The molecule has 0 bridgehead atoms. The average Bonchev–Trinajstić information content (AvgIpc) is 3.51. The number of nitrogens with zero attached hydrogens (tertiary/aromatic N) is 1. The highest BCUT2D eigenvalue weighted by Crippen LogP contribution is 2.25. The van der Waals surface area contributed by atoms with Crippen molar-refractivity contribution in [1.82, 2.24) is 10.2 Å². The first kappa shape index (κ1) is 20.9. The van der Waals surface area contributed by atoms with E-state index in [4.69, 9.17) is 4.42 Å². The van der Waals surface area contributed by atoms with E-state index in [1.807, 2.05) is 31.2 Å². The van der Waals surface area contributed by atoms with Gasteiger partial charge in [-0.2, -0.15) is 0 Å². The summed E-state index contributed by atoms with van der Waals surface area (Å²) in [6, 6.07) is 19.0. The minimum atomic E-state index is -0.344. The van der Waals surface area contributed by atoms with Gasteiger partial charge in [0.15, 0.2) is 5.76 Å². The molecule has 160 valence electrons. The molecule has 0 saturated carbocycles. The van der Waals surface area contributed by atoms with Crippen LogP contribution in [0.3, 0.4) is 0 Å². The first-order valence-electron chi connectivity index (χ1n) is 10.6. The first-order valence-corrected chi connectivity index (χ1v) is 10.6. The SMILES string of the molecule is Cc1ccc(C(=O)NCC(c2ccccc2)N2CCCC2)cc1NC(=O)c1ccco1. The van der Waals surface area contributed by atoms with Crippen LogP contribution in [-0.2, 0) is 0 Å². The molecule has 6 nitrogen and oxygen atoms in total. The van der Waals surface area contributed by atoms with Gasteiger partial charge >= 0.3 is 0 Å². The topological polar surface area (TPSA) is 74.6 Å². The second-order valence-corrected chi connectivity index (χ2v) is 7.84. The normalized spacial score (nSPS) is 14.9. The van der Waals surface area contributed by atoms with Crippen molar-refractivity contribution in [2.45, 2.75) is 25.8 Å². The van der Waals surface area contributed by atoms with E-state index in [2.05, 4.69) is 27.7 Å². The van der Waals surface area contributed by atoms with Gasteiger partial charge in [0, 0.05) is 17.8 Å². The first-order chi connectivity index (χ1) is 15.1. The quantitative estimate of drug-likeness (QED) is 0.597. The largest absolute Gasteiger partial charge is 0.459 e. The van der Waals surface area contributed by atoms with E-state index < -0.39 is 0 Å². The molecule has 31 heavy (non-hydrogen) atoms. The van der Waals surface area contributed by atoms with Gasteiger partial charge < -0.3 is 15.1 Å². The van der Waals surface area contributed by atoms with Crippen molar-refractivity contribution in [1.29, 1.82) is 0 Å². The Morgan fingerprint density at radius 1 is 1.00 bits per heavy atom. The predicted molar refractivity (Wildman–Crippen MR) is 120 cm³/mol. The van der Waals surface area contributed by atoms with Crippen molar-refractivity contribution < 1.29 is 14.0 Å². The van der Waals surface area contributed by atoms with Gasteiger partial charge in [-0.25, -0.2) is 0 Å². The Kier molecular flexibility index (Phi) is 6.48. The Morgan fingerprint density at radius 2 is 1.77 bits per heavy atom. The maximum absolute atomic E-state index is 12.9. The highest BCUT2D eigenvalue weighted by atomic mass is 16.3. The molecule has 2 heterocycles. The second-order valence-electron chi connectivity index (χ2n) is 7.84. The van der Waals surface area contributed by atoms with Crippen molar-refractivity contribution in [2.24, 2.45) is 0 Å². The van der Waals surface area contributed by atoms with E-state index in [1.54, 1.807) is 24.3 Å². The fourth-order valence-corrected chi connectivity index (χ4v) is 3.97. The molecular weight excluding hydrogens is 390 g/mol. The predicted octanol–water partition coefficient (Wildman–Crippen LogP) is 4.41. The lowest BCUT2D eigenvalue weighted by Gasteiger charge is -2.28. The maximum atomic E-state index is 12.9. The minimum absolute atomic E-state index is 0.149. The van der Waals surface area contributed by atoms with E-state index in [-0.39, 0.29) is 23.6 Å². The number of anilines is 1. The molecule has 4 rings (SSSR count). The summed E-state index contributed by atoms with van der Waals surface area (Å²) in [6.45, 7) is 4.51. The second kappa shape index (κ2) is 9.62. The lowest BCUT2D eigenvalue weighted by Crippen LogP contribution is -2.36. The molecule has 1 fully saturated rings. The standard InChI is InChI=1S/C25H27N3O3/c1-18-11-12-20(16-21(18)27-25(30)23-10-7-15-31-23)24(29)26-17-22(28-13-5-6-14-28)19-8-3-2-4-9-19/h2-4,7-12,15-16,22H,5-6,13-14,17H2,1H3,(H,26,29)(H,27,30). The summed E-state index contributed by atoms with van der Waals surface area (Å²) in [4.78, 5) is 27.7. The van der Waals surface area contributed by atoms with Gasteiger partial charge in [-0.15, -0.1) is 0 Å². The van der Waals surface area contributed by atoms with Gasteiger partial charge in [-0.3, -0.25) is 14.5 Å². The van der Waals surface area contributed by atoms with Crippen LogP contribution in [0.1, 0.15) is 50.9 Å². The zero-order chi connectivity index (χ0) is 21.6. The number of hydrogen-bond donors (Lipinski definition) is 2. The summed E-state index contributed by atoms with van der Waals surface area (Å²) in [6.07, 6.45) is 3.83. The molecule has 1 saturated heterocycles. The number of carbonyl (C=O) groups is 2. The fourth-order valence-electron chi connectivity index (χ4n) is 3.97. The zero-order valence-electron chi connectivity index (χ0n) is 17.6. The highest BCUT2D eigenvalue weighted by Gasteiger charge is 2.24. The molecule has 2 N–H and O–H groups in total. The van der Waals surface area contributed by atoms with Crippen LogP contribution in [0.2, 0.25) is 0 Å². The smallest absolute Gasteiger partial charge is 0.291 e. The van der Waals surface area contributed by atoms with Gasteiger partial charge in [0.2, 0.25) is 0 Å². The lowest BCUT2D eigenvalue weighted by molar-refractivity contribution is 0.0936. The van der Waals surface area contributed by atoms with Crippen LogP contribution in [0.4, 0.5) is 5.69 Å². The van der Waals surface area contributed by atoms with Crippen LogP contribution in [0.15, 0.2) is 71.3 Å². The van der Waals surface area contributed by atoms with Gasteiger partial charge in [-0.1, -0.05) is 36.4 Å². The van der Waals surface area contributed by atoms with Gasteiger partial charge in [0.25, 0.3) is 11.8 Å². The van der Waals surface area contributed by atoms with Crippen LogP contribution in [-0.4, -0.2) is 36.3 Å². The monoisotopic (exact) mass is 417 g/mol. The Bertz CT molecular complexity index is 1030. The molecule has 1 atom stereocenters. The van der Waals surface area contributed by atoms with Gasteiger partial charge in [0.1, 0.15) is 0 Å². The van der Waals surface area contributed by atoms with Crippen molar-refractivity contribution in [3.05, 3.63) is 89.4 Å². The molecule has 0 radical (unpaired) electrons. The zero-order valence-corrected chi connectivity index (χ0v) is 17.6. The molecule has 2 aromatic carbocycles. The van der Waals surface area contributed by atoms with Gasteiger partial charge in [-0.05, 0) is 68.2 Å². The third-order valence-electron chi connectivity index (χ3n) is 5.71. The Balaban J connectivity index is 1.45. The molecule has 3 aromatic rings. The van der Waals surface area contributed by atoms with Crippen LogP contribution < -0.4 is 10.6 Å². The average molecular weight is 418 g/mol. The number of aryl methyl sites for hydroxylation is 1. The van der Waals surface area contributed by atoms with Crippen molar-refractivity contribution in [2.75, 3.05) is 25.0 Å². The van der Waals surface area contributed by atoms with Crippen LogP contribution in [0, 0.1) is 6.92 Å². The molecule has 1 aliphatic rings. The summed E-state index contributed by atoms with van der Waals surface area (Å²) in [5, 5.41) is 5.91. The molecule has 1 aliphatic heterocycles. The molecule has 6 heteroatoms. The molecule has 1 aromatic heterocycles. The number of nitrogens with one attached hydrogen (secondary N) is 2. The Labute approximate surface area is 182 Å². The fraction of sp³-hybridized carbons (Fsp3) is 0.280. The molecular formula is C25H27N3O3. The van der Waals surface area contributed by atoms with Crippen molar-refractivity contribution >= 4 is 17.5 Å². The third-order valence-corrected chi connectivity index (χ3v) is 5.71. The molecule has 2 amide bonds. The van der Waals surface area contributed by atoms with Crippen molar-refractivity contribution in [3.63, 3.8) is 0 Å². The van der Waals surface area contributed by atoms with E-state index in [9.17, 15) is 9.59 Å². The number of benzene rings is 2. The molecule has 0 spiro atoms. The van der Waals surface area contributed by atoms with E-state index in [0.29, 0.717) is 17.8 Å². The maximum Gasteiger partial charge on any atom is 0.291 e. The van der Waals surface area contributed by atoms with Crippen LogP contribution in [0.5, 0.6) is 0 Å². The summed E-state index contributed by atoms with van der Waals surface area (Å²) in [5.74, 6) is -0.275. The summed E-state index contributed by atoms with van der Waals surface area (Å²) < 4.78 is 5.14. The number of amides is 2. The van der Waals surface area contributed by atoms with Crippen LogP contribution >= 0.6 is 0 Å². The van der Waals surface area contributed by atoms with Gasteiger partial charge in [0.05, 0.1) is 12.3 Å². The highest BCUT2D eigenvalue weighted by molar-refractivity contribution is 6.03. The number of furan rings is 1. The molecule has 0 aliphatic carbocycles. The Hall–Kier alpha value is -3.38. The number of rotatable bonds is 7. The van der Waals surface area contributed by atoms with Crippen molar-refractivity contribution in [3.8, 4) is 0 Å². The molecule has 1 unspecified atom stereocenters. The number of hydrogen-bond acceptors (Lipinski definition) is 4. The number of carbonyl (C=O) groups excluding carboxylic acids is 2. The van der Waals surface area contributed by atoms with E-state index in [1.165, 1.54) is 24.7 Å². The van der Waals surface area contributed by atoms with E-state index >= 15 is 0 Å². The lowest BCUT2D eigenvalue weighted by atomic mass is 10.0. The summed E-state index contributed by atoms with van der Waals surface area (Å²) in [7, 11) is 0. The third kappa shape index (κ3) is 5.03.